The van der Waals surface area contributed by atoms with Crippen molar-refractivity contribution in [1.82, 2.24) is 0 Å². The first-order valence-electron chi connectivity index (χ1n) is 3.34. The van der Waals surface area contributed by atoms with Gasteiger partial charge in [-0.15, -0.1) is 0 Å². The molecule has 0 amide bonds. The zero-order chi connectivity index (χ0) is 9.84. The van der Waals surface area contributed by atoms with Crippen LogP contribution in [-0.2, 0) is 11.4 Å². The third kappa shape index (κ3) is 2.60. The number of hydrogen-bond acceptors (Lipinski definition) is 5. The molecule has 1 aromatic carbocycles. The highest BCUT2D eigenvalue weighted by Crippen LogP contribution is 2.26. The Morgan fingerprint density at radius 2 is 2.23 bits per heavy atom. The molecular formula is C7H8NO4S-. The Kier molecular flexibility index (Phi) is 3.10. The van der Waals surface area contributed by atoms with E-state index in [0.717, 1.165) is 0 Å². The molecule has 5 nitrogen and oxygen atoms in total. The molecule has 0 saturated carbocycles. The number of anilines is 1. The first-order valence-corrected chi connectivity index (χ1v) is 4.34. The summed E-state index contributed by atoms with van der Waals surface area (Å²) in [6.45, 7) is 0. The molecule has 0 radical (unpaired) electrons. The Bertz CT molecular complexity index is 328. The van der Waals surface area contributed by atoms with Crippen LogP contribution in [0.4, 0.5) is 5.69 Å². The first-order chi connectivity index (χ1) is 6.13. The van der Waals surface area contributed by atoms with Crippen LogP contribution >= 0.6 is 0 Å². The van der Waals surface area contributed by atoms with Crippen molar-refractivity contribution in [3.63, 3.8) is 0 Å². The van der Waals surface area contributed by atoms with E-state index in [-0.39, 0.29) is 5.75 Å². The van der Waals surface area contributed by atoms with Crippen molar-refractivity contribution in [2.24, 2.45) is 0 Å². The minimum absolute atomic E-state index is 0.166. The molecule has 0 fully saturated rings. The van der Waals surface area contributed by atoms with E-state index < -0.39 is 11.4 Å². The summed E-state index contributed by atoms with van der Waals surface area (Å²) in [5.41, 5.74) is 5.92. The number of methoxy groups -OCH3 is 1. The van der Waals surface area contributed by atoms with Crippen molar-refractivity contribution in [1.29, 1.82) is 0 Å². The van der Waals surface area contributed by atoms with Crippen molar-refractivity contribution in [2.45, 2.75) is 0 Å². The van der Waals surface area contributed by atoms with E-state index in [1.807, 2.05) is 0 Å². The highest BCUT2D eigenvalue weighted by Gasteiger charge is 2.01. The van der Waals surface area contributed by atoms with Gasteiger partial charge in [-0.1, -0.05) is 0 Å². The number of nitrogen functional groups attached to an aromatic ring is 1. The fourth-order valence-corrected chi connectivity index (χ4v) is 1.08. The van der Waals surface area contributed by atoms with Gasteiger partial charge in [0.05, 0.1) is 12.8 Å². The first kappa shape index (κ1) is 9.82. The van der Waals surface area contributed by atoms with Gasteiger partial charge in [-0.3, -0.25) is 0 Å². The Morgan fingerprint density at radius 1 is 1.54 bits per heavy atom. The minimum atomic E-state index is -2.58. The third-order valence-corrected chi connectivity index (χ3v) is 1.70. The van der Waals surface area contributed by atoms with Crippen LogP contribution < -0.4 is 14.7 Å². The highest BCUT2D eigenvalue weighted by atomic mass is 32.2. The second-order valence-electron chi connectivity index (χ2n) is 2.19. The zero-order valence-corrected chi connectivity index (χ0v) is 7.67. The third-order valence-electron chi connectivity index (χ3n) is 1.37. The predicted octanol–water partition coefficient (Wildman–Crippen LogP) is 0.450. The van der Waals surface area contributed by atoms with Gasteiger partial charge in [0.25, 0.3) is 0 Å². The van der Waals surface area contributed by atoms with Crippen LogP contribution in [0, 0.1) is 0 Å². The molecule has 1 unspecified atom stereocenters. The van der Waals surface area contributed by atoms with Gasteiger partial charge in [0.1, 0.15) is 22.9 Å². The van der Waals surface area contributed by atoms with E-state index in [1.165, 1.54) is 25.3 Å². The molecule has 1 rings (SSSR count). The maximum Gasteiger partial charge on any atom is 0.145 e. The van der Waals surface area contributed by atoms with Gasteiger partial charge in [0.2, 0.25) is 0 Å². The van der Waals surface area contributed by atoms with Gasteiger partial charge in [0, 0.05) is 6.07 Å². The van der Waals surface area contributed by atoms with Crippen LogP contribution in [0.1, 0.15) is 0 Å². The van der Waals surface area contributed by atoms with E-state index in [4.69, 9.17) is 10.5 Å². The predicted molar refractivity (Wildman–Crippen MR) is 47.0 cm³/mol. The van der Waals surface area contributed by atoms with Crippen molar-refractivity contribution in [2.75, 3.05) is 12.8 Å². The minimum Gasteiger partial charge on any atom is -0.740 e. The van der Waals surface area contributed by atoms with Crippen LogP contribution in [-0.4, -0.2) is 15.9 Å². The largest absolute Gasteiger partial charge is 0.740 e. The lowest BCUT2D eigenvalue weighted by Crippen LogP contribution is -1.99. The van der Waals surface area contributed by atoms with Crippen molar-refractivity contribution < 1.29 is 17.7 Å². The lowest BCUT2D eigenvalue weighted by Gasteiger charge is -2.09. The van der Waals surface area contributed by atoms with Gasteiger partial charge >= 0.3 is 0 Å². The average Bonchev–Trinajstić information content (AvgIpc) is 2.07. The summed E-state index contributed by atoms with van der Waals surface area (Å²) >= 11 is -2.58. The van der Waals surface area contributed by atoms with Crippen LogP contribution in [0.25, 0.3) is 0 Å². The summed E-state index contributed by atoms with van der Waals surface area (Å²) in [5, 5.41) is 0. The number of hydrogen-bond donors (Lipinski definition) is 1. The summed E-state index contributed by atoms with van der Waals surface area (Å²) in [6.07, 6.45) is 0. The highest BCUT2D eigenvalue weighted by molar-refractivity contribution is 7.74. The Labute approximate surface area is 77.9 Å². The number of rotatable bonds is 3. The van der Waals surface area contributed by atoms with E-state index in [0.29, 0.717) is 11.4 Å². The number of ether oxygens (including phenoxy) is 1. The normalized spacial score (nSPS) is 12.2. The standard InChI is InChI=1S/C7H9NO4S/c1-11-7-4-5(12-13(9)10)2-3-6(7)8/h2-4H,8H2,1H3,(H,9,10)/p-1. The SMILES string of the molecule is COc1cc(OS(=O)[O-])ccc1N. The summed E-state index contributed by atoms with van der Waals surface area (Å²) in [5.74, 6) is 0.544. The Morgan fingerprint density at radius 3 is 2.77 bits per heavy atom. The molecule has 72 valence electrons. The van der Waals surface area contributed by atoms with Gasteiger partial charge in [-0.2, -0.15) is 0 Å². The average molecular weight is 202 g/mol. The molecule has 6 heteroatoms. The molecule has 0 aliphatic heterocycles. The second-order valence-corrected chi connectivity index (χ2v) is 2.77. The second kappa shape index (κ2) is 4.11. The van der Waals surface area contributed by atoms with Crippen molar-refractivity contribution in [3.8, 4) is 11.5 Å². The summed E-state index contributed by atoms with van der Waals surface area (Å²) in [6, 6.07) is 4.33. The van der Waals surface area contributed by atoms with Crippen LogP contribution in [0.15, 0.2) is 18.2 Å². The lowest BCUT2D eigenvalue weighted by atomic mass is 10.3. The van der Waals surface area contributed by atoms with Gasteiger partial charge in [-0.05, 0) is 12.1 Å². The quantitative estimate of drug-likeness (QED) is 0.568. The maximum absolute atomic E-state index is 10.2. The molecule has 0 aliphatic rings. The van der Waals surface area contributed by atoms with Gasteiger partial charge in [0.15, 0.2) is 0 Å². The Balaban J connectivity index is 2.92. The van der Waals surface area contributed by atoms with E-state index >= 15 is 0 Å². The molecular weight excluding hydrogens is 194 g/mol. The number of benzene rings is 1. The molecule has 0 aliphatic carbocycles. The van der Waals surface area contributed by atoms with Crippen molar-refractivity contribution in [3.05, 3.63) is 18.2 Å². The topological polar surface area (TPSA) is 84.6 Å². The summed E-state index contributed by atoms with van der Waals surface area (Å²) < 4.78 is 29.6. The van der Waals surface area contributed by atoms with Gasteiger partial charge < -0.3 is 19.2 Å². The van der Waals surface area contributed by atoms with Gasteiger partial charge in [-0.25, -0.2) is 4.21 Å². The molecule has 13 heavy (non-hydrogen) atoms. The Hall–Kier alpha value is -1.27. The molecule has 0 saturated heterocycles. The lowest BCUT2D eigenvalue weighted by molar-refractivity contribution is 0.411. The molecule has 0 bridgehead atoms. The molecule has 0 aromatic heterocycles. The fourth-order valence-electron chi connectivity index (χ4n) is 0.822. The summed E-state index contributed by atoms with van der Waals surface area (Å²) in [4.78, 5) is 0. The monoisotopic (exact) mass is 202 g/mol. The van der Waals surface area contributed by atoms with Crippen molar-refractivity contribution >= 4 is 17.0 Å². The van der Waals surface area contributed by atoms with E-state index in [2.05, 4.69) is 4.18 Å². The molecule has 0 spiro atoms. The van der Waals surface area contributed by atoms with E-state index in [1.54, 1.807) is 0 Å². The van der Waals surface area contributed by atoms with Crippen LogP contribution in [0.2, 0.25) is 0 Å². The number of nitrogens with two attached hydrogens (primary N) is 1. The van der Waals surface area contributed by atoms with Crippen LogP contribution in [0.3, 0.4) is 0 Å². The zero-order valence-electron chi connectivity index (χ0n) is 6.85. The van der Waals surface area contributed by atoms with E-state index in [9.17, 15) is 8.76 Å². The maximum atomic E-state index is 10.2. The summed E-state index contributed by atoms with van der Waals surface area (Å²) in [7, 11) is 1.43. The van der Waals surface area contributed by atoms with Crippen LogP contribution in [0.5, 0.6) is 11.5 Å². The smallest absolute Gasteiger partial charge is 0.145 e. The molecule has 1 aromatic rings. The molecule has 0 heterocycles. The molecule has 2 N–H and O–H groups in total. The molecule has 1 atom stereocenters. The fraction of sp³-hybridized carbons (Fsp3) is 0.143.